The molecule has 0 aliphatic carbocycles. The van der Waals surface area contributed by atoms with E-state index in [0.717, 1.165) is 12.8 Å². The van der Waals surface area contributed by atoms with Gasteiger partial charge in [0.05, 0.1) is 7.11 Å². The van der Waals surface area contributed by atoms with Gasteiger partial charge in [-0.25, -0.2) is 4.79 Å². The molecule has 7 heteroatoms. The second kappa shape index (κ2) is 7.33. The number of carbonyl (C=O) groups is 3. The highest BCUT2D eigenvalue weighted by molar-refractivity contribution is 6.27. The molecule has 0 unspecified atom stereocenters. The Kier molecular flexibility index (Phi) is 6.08. The smallest absolute Gasteiger partial charge is 0.328 e. The van der Waals surface area contributed by atoms with Crippen molar-refractivity contribution in [3.63, 3.8) is 0 Å². The van der Waals surface area contributed by atoms with E-state index in [1.54, 1.807) is 6.92 Å². The number of rotatable bonds is 4. The molecule has 19 heavy (non-hydrogen) atoms. The van der Waals surface area contributed by atoms with Crippen molar-refractivity contribution < 1.29 is 19.1 Å². The number of nitrogens with one attached hydrogen (secondary N) is 1. The maximum Gasteiger partial charge on any atom is 0.328 e. The van der Waals surface area contributed by atoms with Gasteiger partial charge in [0.1, 0.15) is 18.0 Å². The number of halogens is 1. The van der Waals surface area contributed by atoms with E-state index >= 15 is 0 Å². The Bertz CT molecular complexity index is 362. The molecule has 0 aromatic rings. The molecular formula is C12H19ClN2O4. The van der Waals surface area contributed by atoms with Crippen LogP contribution in [0, 0.1) is 0 Å². The monoisotopic (exact) mass is 290 g/mol. The van der Waals surface area contributed by atoms with Gasteiger partial charge in [0.15, 0.2) is 0 Å². The van der Waals surface area contributed by atoms with Crippen LogP contribution in [-0.2, 0) is 19.1 Å². The van der Waals surface area contributed by atoms with E-state index in [1.165, 1.54) is 12.0 Å². The van der Waals surface area contributed by atoms with Crippen molar-refractivity contribution in [2.24, 2.45) is 0 Å². The average Bonchev–Trinajstić information content (AvgIpc) is 2.45. The third-order valence-electron chi connectivity index (χ3n) is 3.15. The zero-order chi connectivity index (χ0) is 14.4. The summed E-state index contributed by atoms with van der Waals surface area (Å²) in [5.41, 5.74) is 0. The molecule has 2 amide bonds. The summed E-state index contributed by atoms with van der Waals surface area (Å²) in [6.45, 7) is 2.07. The van der Waals surface area contributed by atoms with Gasteiger partial charge in [0.2, 0.25) is 11.8 Å². The maximum atomic E-state index is 12.1. The Hall–Kier alpha value is -1.30. The lowest BCUT2D eigenvalue weighted by molar-refractivity contribution is -0.146. The van der Waals surface area contributed by atoms with Crippen molar-refractivity contribution in [3.8, 4) is 0 Å². The van der Waals surface area contributed by atoms with Crippen LogP contribution in [0.3, 0.4) is 0 Å². The van der Waals surface area contributed by atoms with Crippen molar-refractivity contribution >= 4 is 29.4 Å². The SMILES string of the molecule is COC(=O)[C@@H](C)NC(=O)[C@@H]1CCCCN1C(=O)CCl. The summed E-state index contributed by atoms with van der Waals surface area (Å²) in [6, 6.07) is -1.28. The first-order valence-corrected chi connectivity index (χ1v) is 6.78. The van der Waals surface area contributed by atoms with Gasteiger partial charge in [-0.05, 0) is 26.2 Å². The van der Waals surface area contributed by atoms with Crippen LogP contribution < -0.4 is 5.32 Å². The molecule has 1 aliphatic heterocycles. The Labute approximate surface area is 117 Å². The molecule has 1 fully saturated rings. The van der Waals surface area contributed by atoms with Crippen molar-refractivity contribution in [1.82, 2.24) is 10.2 Å². The first kappa shape index (κ1) is 15.8. The Morgan fingerprint density at radius 3 is 2.68 bits per heavy atom. The van der Waals surface area contributed by atoms with Gasteiger partial charge in [-0.2, -0.15) is 0 Å². The molecule has 0 bridgehead atoms. The van der Waals surface area contributed by atoms with E-state index in [0.29, 0.717) is 13.0 Å². The fraction of sp³-hybridized carbons (Fsp3) is 0.750. The molecule has 1 aliphatic rings. The lowest BCUT2D eigenvalue weighted by atomic mass is 10.0. The first-order valence-electron chi connectivity index (χ1n) is 6.25. The highest BCUT2D eigenvalue weighted by Crippen LogP contribution is 2.18. The number of hydrogen-bond acceptors (Lipinski definition) is 4. The number of nitrogens with zero attached hydrogens (tertiary/aromatic N) is 1. The van der Waals surface area contributed by atoms with Gasteiger partial charge in [-0.3, -0.25) is 9.59 Å². The quantitative estimate of drug-likeness (QED) is 0.596. The van der Waals surface area contributed by atoms with Crippen LogP contribution in [0.15, 0.2) is 0 Å². The third kappa shape index (κ3) is 4.09. The molecule has 1 heterocycles. The number of alkyl halides is 1. The first-order chi connectivity index (χ1) is 9.01. The van der Waals surface area contributed by atoms with Crippen LogP contribution in [0.25, 0.3) is 0 Å². The van der Waals surface area contributed by atoms with Crippen LogP contribution in [-0.4, -0.2) is 54.3 Å². The number of hydrogen-bond donors (Lipinski definition) is 1. The Balaban J connectivity index is 2.67. The predicted octanol–water partition coefficient (Wildman–Crippen LogP) is 0.284. The highest BCUT2D eigenvalue weighted by Gasteiger charge is 2.32. The van der Waals surface area contributed by atoms with E-state index in [1.807, 2.05) is 0 Å². The fourth-order valence-corrected chi connectivity index (χ4v) is 2.28. The third-order valence-corrected chi connectivity index (χ3v) is 3.38. The Morgan fingerprint density at radius 1 is 1.42 bits per heavy atom. The summed E-state index contributed by atoms with van der Waals surface area (Å²) in [7, 11) is 1.26. The number of likely N-dealkylation sites (tertiary alicyclic amines) is 1. The summed E-state index contributed by atoms with van der Waals surface area (Å²) in [5, 5.41) is 2.56. The molecule has 0 saturated carbocycles. The molecule has 1 N–H and O–H groups in total. The largest absolute Gasteiger partial charge is 0.467 e. The molecule has 0 radical (unpaired) electrons. The summed E-state index contributed by atoms with van der Waals surface area (Å²) in [4.78, 5) is 36.5. The van der Waals surface area contributed by atoms with E-state index in [-0.39, 0.29) is 17.7 Å². The minimum Gasteiger partial charge on any atom is -0.467 e. The van der Waals surface area contributed by atoms with Crippen molar-refractivity contribution in [1.29, 1.82) is 0 Å². The van der Waals surface area contributed by atoms with E-state index in [4.69, 9.17) is 11.6 Å². The molecular weight excluding hydrogens is 272 g/mol. The predicted molar refractivity (Wildman–Crippen MR) is 69.7 cm³/mol. The van der Waals surface area contributed by atoms with Crippen molar-refractivity contribution in [3.05, 3.63) is 0 Å². The molecule has 2 atom stereocenters. The molecule has 108 valence electrons. The second-order valence-corrected chi connectivity index (χ2v) is 4.75. The summed E-state index contributed by atoms with van der Waals surface area (Å²) in [5.74, 6) is -1.25. The normalized spacial score (nSPS) is 20.6. The van der Waals surface area contributed by atoms with E-state index in [9.17, 15) is 14.4 Å². The fourth-order valence-electron chi connectivity index (χ4n) is 2.12. The minimum absolute atomic E-state index is 0.143. The van der Waals surface area contributed by atoms with Crippen LogP contribution in [0.4, 0.5) is 0 Å². The van der Waals surface area contributed by atoms with Gasteiger partial charge < -0.3 is 15.0 Å². The van der Waals surface area contributed by atoms with Crippen LogP contribution in [0.5, 0.6) is 0 Å². The number of piperidine rings is 1. The topological polar surface area (TPSA) is 75.7 Å². The molecule has 0 aromatic carbocycles. The molecule has 1 saturated heterocycles. The maximum absolute atomic E-state index is 12.1. The average molecular weight is 291 g/mol. The molecule has 0 spiro atoms. The van der Waals surface area contributed by atoms with E-state index in [2.05, 4.69) is 10.1 Å². The van der Waals surface area contributed by atoms with Crippen molar-refractivity contribution in [2.75, 3.05) is 19.5 Å². The number of carbonyl (C=O) groups excluding carboxylic acids is 3. The second-order valence-electron chi connectivity index (χ2n) is 4.49. The van der Waals surface area contributed by atoms with Crippen LogP contribution in [0.2, 0.25) is 0 Å². The number of methoxy groups -OCH3 is 1. The number of esters is 1. The lowest BCUT2D eigenvalue weighted by Crippen LogP contribution is -2.54. The zero-order valence-corrected chi connectivity index (χ0v) is 11.9. The molecule has 0 aromatic heterocycles. The van der Waals surface area contributed by atoms with Crippen LogP contribution in [0.1, 0.15) is 26.2 Å². The highest BCUT2D eigenvalue weighted by atomic mass is 35.5. The van der Waals surface area contributed by atoms with E-state index < -0.39 is 18.1 Å². The number of ether oxygens (including phenoxy) is 1. The van der Waals surface area contributed by atoms with Gasteiger partial charge in [-0.1, -0.05) is 0 Å². The minimum atomic E-state index is -0.729. The van der Waals surface area contributed by atoms with Gasteiger partial charge >= 0.3 is 5.97 Å². The van der Waals surface area contributed by atoms with Gasteiger partial charge in [0, 0.05) is 6.54 Å². The lowest BCUT2D eigenvalue weighted by Gasteiger charge is -2.34. The molecule has 1 rings (SSSR count). The van der Waals surface area contributed by atoms with Crippen LogP contribution >= 0.6 is 11.6 Å². The Morgan fingerprint density at radius 2 is 2.11 bits per heavy atom. The van der Waals surface area contributed by atoms with Gasteiger partial charge in [0.25, 0.3) is 0 Å². The standard InChI is InChI=1S/C12H19ClN2O4/c1-8(12(18)19-2)14-11(17)9-5-3-4-6-15(9)10(16)7-13/h8-9H,3-7H2,1-2H3,(H,14,17)/t8-,9+/m1/s1. The summed E-state index contributed by atoms with van der Waals surface area (Å²) >= 11 is 5.54. The molecule has 6 nitrogen and oxygen atoms in total. The van der Waals surface area contributed by atoms with Crippen molar-refractivity contribution in [2.45, 2.75) is 38.3 Å². The van der Waals surface area contributed by atoms with Gasteiger partial charge in [-0.15, -0.1) is 11.6 Å². The summed E-state index contributed by atoms with van der Waals surface area (Å²) < 4.78 is 4.54. The zero-order valence-electron chi connectivity index (χ0n) is 11.1. The summed E-state index contributed by atoms with van der Waals surface area (Å²) in [6.07, 6.45) is 2.32. The number of amides is 2.